The molecule has 1 amide bonds. The van der Waals surface area contributed by atoms with Crippen molar-refractivity contribution in [1.29, 1.82) is 0 Å². The summed E-state index contributed by atoms with van der Waals surface area (Å²) in [7, 11) is -5.51. The number of nitrogens with one attached hydrogen (secondary N) is 1. The smallest absolute Gasteiger partial charge is 0.423 e. The third-order valence-corrected chi connectivity index (χ3v) is 5.00. The zero-order valence-electron chi connectivity index (χ0n) is 12.2. The van der Waals surface area contributed by atoms with E-state index in [1.807, 2.05) is 0 Å². The highest BCUT2D eigenvalue weighted by atomic mass is 32.2. The first kappa shape index (κ1) is 16.4. The highest BCUT2D eigenvalue weighted by molar-refractivity contribution is 7.92. The van der Waals surface area contributed by atoms with Crippen molar-refractivity contribution in [3.8, 4) is 0 Å². The summed E-state index contributed by atoms with van der Waals surface area (Å²) in [5, 5.41) is 9.65. The van der Waals surface area contributed by atoms with E-state index in [0.29, 0.717) is 5.56 Å². The van der Waals surface area contributed by atoms with Gasteiger partial charge in [-0.25, -0.2) is 12.8 Å². The molecule has 3 rings (SSSR count). The van der Waals surface area contributed by atoms with Gasteiger partial charge in [0.25, 0.3) is 10.0 Å². The van der Waals surface area contributed by atoms with Gasteiger partial charge in [-0.1, -0.05) is 12.1 Å². The molecule has 4 N–H and O–H groups in total. The molecule has 0 bridgehead atoms. The molecule has 0 saturated heterocycles. The van der Waals surface area contributed by atoms with Crippen molar-refractivity contribution in [2.75, 3.05) is 4.72 Å². The number of hydrogen-bond acceptors (Lipinski definition) is 5. The molecule has 1 heterocycles. The average Bonchev–Trinajstić information content (AvgIpc) is 2.88. The maximum absolute atomic E-state index is 14.1. The topological polar surface area (TPSA) is 119 Å². The molecule has 0 aromatic heterocycles. The number of benzene rings is 2. The molecule has 0 radical (unpaired) electrons. The summed E-state index contributed by atoms with van der Waals surface area (Å²) >= 11 is 0. The summed E-state index contributed by atoms with van der Waals surface area (Å²) < 4.78 is 46.1. The summed E-state index contributed by atoms with van der Waals surface area (Å²) in [6.07, 6.45) is 0. The van der Waals surface area contributed by atoms with Crippen LogP contribution in [0.3, 0.4) is 0 Å². The third-order valence-electron chi connectivity index (χ3n) is 3.58. The predicted molar refractivity (Wildman–Crippen MR) is 84.6 cm³/mol. The quantitative estimate of drug-likeness (QED) is 0.668. The summed E-state index contributed by atoms with van der Waals surface area (Å²) in [5.41, 5.74) is 5.30. The normalized spacial score (nSPS) is 13.7. The molecule has 0 unspecified atom stereocenters. The Morgan fingerprint density at radius 1 is 1.33 bits per heavy atom. The van der Waals surface area contributed by atoms with E-state index in [1.54, 1.807) is 0 Å². The lowest BCUT2D eigenvalue weighted by Gasteiger charge is -2.12. The van der Waals surface area contributed by atoms with E-state index in [1.165, 1.54) is 24.3 Å². The molecule has 2 aromatic rings. The number of nitrogens with two attached hydrogens (primary N) is 1. The van der Waals surface area contributed by atoms with Crippen molar-refractivity contribution in [3.63, 3.8) is 0 Å². The Hall–Kier alpha value is -2.43. The second-order valence-electron chi connectivity index (χ2n) is 5.16. The molecule has 0 saturated carbocycles. The van der Waals surface area contributed by atoms with Crippen LogP contribution in [0, 0.1) is 5.82 Å². The lowest BCUT2D eigenvalue weighted by Crippen LogP contribution is -2.29. The number of carbonyl (C=O) groups excluding carboxylic acids is 1. The Bertz CT molecular complexity index is 935. The van der Waals surface area contributed by atoms with Crippen LogP contribution in [-0.4, -0.2) is 26.5 Å². The Labute approximate surface area is 137 Å². The number of halogens is 1. The maximum atomic E-state index is 14.1. The summed E-state index contributed by atoms with van der Waals surface area (Å²) in [6.45, 7) is 0.0327. The first-order valence-electron chi connectivity index (χ1n) is 6.83. The van der Waals surface area contributed by atoms with E-state index in [2.05, 4.69) is 4.72 Å². The Kier molecular flexibility index (Phi) is 4.04. The minimum Gasteiger partial charge on any atom is -0.423 e. The fourth-order valence-electron chi connectivity index (χ4n) is 2.43. The van der Waals surface area contributed by atoms with Crippen LogP contribution in [0.4, 0.5) is 10.1 Å². The Balaban J connectivity index is 2.03. The largest absolute Gasteiger partial charge is 0.491 e. The molecule has 1 aliphatic heterocycles. The summed E-state index contributed by atoms with van der Waals surface area (Å²) in [5.74, 6) is -1.75. The van der Waals surface area contributed by atoms with Crippen LogP contribution >= 0.6 is 0 Å². The predicted octanol–water partition coefficient (Wildman–Crippen LogP) is -0.0569. The fourth-order valence-corrected chi connectivity index (χ4v) is 3.70. The van der Waals surface area contributed by atoms with E-state index >= 15 is 0 Å². The second kappa shape index (κ2) is 5.89. The van der Waals surface area contributed by atoms with E-state index in [-0.39, 0.29) is 28.2 Å². The molecule has 1 aliphatic rings. The minimum absolute atomic E-state index is 0.0327. The van der Waals surface area contributed by atoms with Gasteiger partial charge in [-0.05, 0) is 35.3 Å². The highest BCUT2D eigenvalue weighted by Gasteiger charge is 2.30. The van der Waals surface area contributed by atoms with Gasteiger partial charge >= 0.3 is 7.12 Å². The lowest BCUT2D eigenvalue weighted by molar-refractivity contribution is 0.0997. The zero-order chi connectivity index (χ0) is 17.5. The van der Waals surface area contributed by atoms with Crippen molar-refractivity contribution in [1.82, 2.24) is 0 Å². The van der Waals surface area contributed by atoms with E-state index in [4.69, 9.17) is 10.4 Å². The van der Waals surface area contributed by atoms with Crippen molar-refractivity contribution in [2.24, 2.45) is 5.73 Å². The number of rotatable bonds is 4. The highest BCUT2D eigenvalue weighted by Crippen LogP contribution is 2.23. The molecule has 0 fully saturated rings. The van der Waals surface area contributed by atoms with Gasteiger partial charge in [0.2, 0.25) is 5.91 Å². The molecule has 0 atom stereocenters. The standard InChI is InChI=1S/C14H12BFN2O5S/c16-11-5-8-7-23-15(20)10(8)6-12(11)18-24(21,22)13-4-2-1-3-9(13)14(17)19/h1-6,18,20H,7H2,(H2,17,19). The Morgan fingerprint density at radius 3 is 2.75 bits per heavy atom. The minimum atomic E-state index is -4.26. The van der Waals surface area contributed by atoms with E-state index in [0.717, 1.165) is 12.1 Å². The van der Waals surface area contributed by atoms with Crippen LogP contribution in [0.2, 0.25) is 0 Å². The van der Waals surface area contributed by atoms with Gasteiger partial charge in [-0.3, -0.25) is 9.52 Å². The van der Waals surface area contributed by atoms with Gasteiger partial charge in [0.15, 0.2) is 0 Å². The molecular weight excluding hydrogens is 338 g/mol. The number of sulfonamides is 1. The first-order chi connectivity index (χ1) is 11.3. The van der Waals surface area contributed by atoms with Crippen molar-refractivity contribution < 1.29 is 27.3 Å². The van der Waals surface area contributed by atoms with Crippen LogP contribution in [0.15, 0.2) is 41.3 Å². The fraction of sp³-hybridized carbons (Fsp3) is 0.0714. The first-order valence-corrected chi connectivity index (χ1v) is 8.31. The SMILES string of the molecule is NC(=O)c1ccccc1S(=O)(=O)Nc1cc2c(cc1F)COB2O. The number of fused-ring (bicyclic) bond motifs is 1. The molecule has 124 valence electrons. The molecular formula is C14H12BFN2O5S. The number of hydrogen-bond donors (Lipinski definition) is 3. The zero-order valence-corrected chi connectivity index (χ0v) is 13.0. The van der Waals surface area contributed by atoms with Crippen LogP contribution in [-0.2, 0) is 21.3 Å². The number of anilines is 1. The second-order valence-corrected chi connectivity index (χ2v) is 6.81. The van der Waals surface area contributed by atoms with Crippen LogP contribution in [0.1, 0.15) is 15.9 Å². The van der Waals surface area contributed by atoms with Gasteiger partial charge in [-0.15, -0.1) is 0 Å². The maximum Gasteiger partial charge on any atom is 0.491 e. The molecule has 0 aliphatic carbocycles. The third kappa shape index (κ3) is 2.86. The van der Waals surface area contributed by atoms with Crippen molar-refractivity contribution >= 4 is 34.2 Å². The Morgan fingerprint density at radius 2 is 2.04 bits per heavy atom. The number of primary amides is 1. The molecule has 10 heteroatoms. The molecule has 7 nitrogen and oxygen atoms in total. The molecule has 2 aromatic carbocycles. The van der Waals surface area contributed by atoms with Gasteiger partial charge in [0.05, 0.1) is 17.9 Å². The monoisotopic (exact) mass is 350 g/mol. The van der Waals surface area contributed by atoms with Crippen LogP contribution < -0.4 is 15.9 Å². The molecule has 24 heavy (non-hydrogen) atoms. The van der Waals surface area contributed by atoms with Gasteiger partial charge in [0, 0.05) is 0 Å². The van der Waals surface area contributed by atoms with Crippen molar-refractivity contribution in [3.05, 3.63) is 53.3 Å². The van der Waals surface area contributed by atoms with Gasteiger partial charge in [-0.2, -0.15) is 0 Å². The number of carbonyl (C=O) groups is 1. The van der Waals surface area contributed by atoms with E-state index in [9.17, 15) is 22.6 Å². The average molecular weight is 350 g/mol. The summed E-state index contributed by atoms with van der Waals surface area (Å²) in [6, 6.07) is 7.57. The molecule has 0 spiro atoms. The lowest BCUT2D eigenvalue weighted by atomic mass is 9.79. The van der Waals surface area contributed by atoms with Crippen molar-refractivity contribution in [2.45, 2.75) is 11.5 Å². The van der Waals surface area contributed by atoms with Crippen LogP contribution in [0.25, 0.3) is 0 Å². The van der Waals surface area contributed by atoms with Gasteiger partial charge in [0.1, 0.15) is 10.7 Å². The summed E-state index contributed by atoms with van der Waals surface area (Å²) in [4.78, 5) is 11.0. The van der Waals surface area contributed by atoms with Crippen LogP contribution in [0.5, 0.6) is 0 Å². The van der Waals surface area contributed by atoms with E-state index < -0.39 is 28.9 Å². The van der Waals surface area contributed by atoms with Gasteiger partial charge < -0.3 is 15.4 Å². The number of amides is 1.